The summed E-state index contributed by atoms with van der Waals surface area (Å²) in [5.74, 6) is -1.76. The molecule has 0 radical (unpaired) electrons. The van der Waals surface area contributed by atoms with Gasteiger partial charge in [0.1, 0.15) is 0 Å². The topological polar surface area (TPSA) is 93.2 Å². The number of nitrogens with zero attached hydrogens (tertiary/aromatic N) is 2. The fourth-order valence-corrected chi connectivity index (χ4v) is 2.35. The van der Waals surface area contributed by atoms with Gasteiger partial charge in [-0.25, -0.2) is 9.59 Å². The van der Waals surface area contributed by atoms with E-state index in [0.29, 0.717) is 19.6 Å². The highest BCUT2D eigenvalue weighted by molar-refractivity contribution is 5.96. The van der Waals surface area contributed by atoms with Crippen LogP contribution >= 0.6 is 0 Å². The fraction of sp³-hybridized carbons (Fsp3) is 0.529. The van der Waals surface area contributed by atoms with Gasteiger partial charge < -0.3 is 19.3 Å². The molecule has 0 aliphatic carbocycles. The number of hydrogen-bond donors (Lipinski definition) is 0. The summed E-state index contributed by atoms with van der Waals surface area (Å²) in [6.07, 6.45) is 4.53. The number of amides is 2. The Balaban J connectivity index is 2.56. The maximum absolute atomic E-state index is 12.1. The van der Waals surface area contributed by atoms with E-state index < -0.39 is 11.9 Å². The molecular formula is C17H24N2O6. The standard InChI is InChI=1S/C17H24N2O6/c1-4-24-16(22)8-6-14(20)18-10-11-19(13(3)12-18)15(21)7-9-17(23)25-5-2/h6-9,13H,4-5,10-12H2,1-3H3/b8-6-,9-7+/t13-/m1/s1. The molecule has 8 heteroatoms. The van der Waals surface area contributed by atoms with Crippen molar-refractivity contribution in [1.29, 1.82) is 0 Å². The summed E-state index contributed by atoms with van der Waals surface area (Å²) in [6.45, 7) is 6.68. The van der Waals surface area contributed by atoms with Crippen LogP contribution in [0.1, 0.15) is 20.8 Å². The Bertz CT molecular complexity index is 569. The van der Waals surface area contributed by atoms with Crippen LogP contribution in [0.3, 0.4) is 0 Å². The molecule has 1 saturated heterocycles. The van der Waals surface area contributed by atoms with E-state index in [1.54, 1.807) is 23.6 Å². The second-order valence-corrected chi connectivity index (χ2v) is 5.34. The summed E-state index contributed by atoms with van der Waals surface area (Å²) in [4.78, 5) is 49.8. The molecule has 1 atom stereocenters. The van der Waals surface area contributed by atoms with Gasteiger partial charge in [-0.05, 0) is 20.8 Å². The predicted molar refractivity (Wildman–Crippen MR) is 89.3 cm³/mol. The van der Waals surface area contributed by atoms with Gasteiger partial charge >= 0.3 is 11.9 Å². The second-order valence-electron chi connectivity index (χ2n) is 5.34. The zero-order valence-corrected chi connectivity index (χ0v) is 14.8. The molecule has 8 nitrogen and oxygen atoms in total. The van der Waals surface area contributed by atoms with Crippen LogP contribution in [-0.2, 0) is 28.7 Å². The lowest BCUT2D eigenvalue weighted by molar-refractivity contribution is -0.139. The Hall–Kier alpha value is -2.64. The van der Waals surface area contributed by atoms with Crippen molar-refractivity contribution in [3.8, 4) is 0 Å². The molecule has 0 unspecified atom stereocenters. The van der Waals surface area contributed by atoms with Crippen LogP contribution in [0.15, 0.2) is 24.3 Å². The molecule has 2 amide bonds. The average molecular weight is 352 g/mol. The third-order valence-corrected chi connectivity index (χ3v) is 3.52. The number of esters is 2. The van der Waals surface area contributed by atoms with Crippen molar-refractivity contribution in [3.05, 3.63) is 24.3 Å². The first kappa shape index (κ1) is 20.4. The lowest BCUT2D eigenvalue weighted by Crippen LogP contribution is -2.54. The number of carbonyl (C=O) groups excluding carboxylic acids is 4. The first-order chi connectivity index (χ1) is 11.9. The Kier molecular flexibility index (Phi) is 8.38. The summed E-state index contributed by atoms with van der Waals surface area (Å²) in [7, 11) is 0. The van der Waals surface area contributed by atoms with E-state index in [1.807, 2.05) is 6.92 Å². The van der Waals surface area contributed by atoms with E-state index in [4.69, 9.17) is 9.47 Å². The summed E-state index contributed by atoms with van der Waals surface area (Å²) in [6, 6.07) is -0.215. The van der Waals surface area contributed by atoms with Crippen LogP contribution in [0.25, 0.3) is 0 Å². The van der Waals surface area contributed by atoms with E-state index in [0.717, 1.165) is 12.2 Å². The van der Waals surface area contributed by atoms with Crippen LogP contribution in [0.5, 0.6) is 0 Å². The van der Waals surface area contributed by atoms with E-state index >= 15 is 0 Å². The molecule has 1 aliphatic rings. The van der Waals surface area contributed by atoms with Crippen molar-refractivity contribution < 1.29 is 28.7 Å². The molecule has 0 aromatic rings. The van der Waals surface area contributed by atoms with Crippen molar-refractivity contribution in [1.82, 2.24) is 9.80 Å². The third-order valence-electron chi connectivity index (χ3n) is 3.52. The lowest BCUT2D eigenvalue weighted by Gasteiger charge is -2.39. The first-order valence-corrected chi connectivity index (χ1v) is 8.18. The van der Waals surface area contributed by atoms with Crippen molar-refractivity contribution in [2.75, 3.05) is 32.8 Å². The summed E-state index contributed by atoms with van der Waals surface area (Å²) >= 11 is 0. The van der Waals surface area contributed by atoms with E-state index in [-0.39, 0.29) is 31.1 Å². The fourth-order valence-electron chi connectivity index (χ4n) is 2.35. The summed E-state index contributed by atoms with van der Waals surface area (Å²) < 4.78 is 9.44. The summed E-state index contributed by atoms with van der Waals surface area (Å²) in [5, 5.41) is 0. The van der Waals surface area contributed by atoms with Gasteiger partial charge in [-0.1, -0.05) is 0 Å². The van der Waals surface area contributed by atoms with Gasteiger partial charge in [-0.2, -0.15) is 0 Å². The smallest absolute Gasteiger partial charge is 0.330 e. The highest BCUT2D eigenvalue weighted by atomic mass is 16.5. The minimum Gasteiger partial charge on any atom is -0.463 e. The molecule has 0 saturated carbocycles. The van der Waals surface area contributed by atoms with Gasteiger partial charge in [0.15, 0.2) is 0 Å². The largest absolute Gasteiger partial charge is 0.463 e. The second kappa shape index (κ2) is 10.3. The third kappa shape index (κ3) is 6.78. The van der Waals surface area contributed by atoms with Gasteiger partial charge in [0.2, 0.25) is 11.8 Å². The molecule has 1 fully saturated rings. The molecule has 1 heterocycles. The number of ether oxygens (including phenoxy) is 2. The molecule has 0 spiro atoms. The van der Waals surface area contributed by atoms with Crippen LogP contribution < -0.4 is 0 Å². The predicted octanol–water partition coefficient (Wildman–Crippen LogP) is 0.284. The van der Waals surface area contributed by atoms with Gasteiger partial charge in [0.25, 0.3) is 0 Å². The van der Waals surface area contributed by atoms with Crippen LogP contribution in [0.2, 0.25) is 0 Å². The minimum atomic E-state index is -0.568. The van der Waals surface area contributed by atoms with Gasteiger partial charge in [0, 0.05) is 50.0 Å². The number of rotatable bonds is 6. The SMILES string of the molecule is CCOC(=O)/C=C\C(=O)N1CCN(C(=O)/C=C/C(=O)OCC)[C@H](C)C1. The zero-order chi connectivity index (χ0) is 18.8. The summed E-state index contributed by atoms with van der Waals surface area (Å²) in [5.41, 5.74) is 0. The molecule has 138 valence electrons. The quantitative estimate of drug-likeness (QED) is 0.504. The molecular weight excluding hydrogens is 328 g/mol. The molecule has 0 aromatic carbocycles. The molecule has 1 rings (SSSR count). The maximum Gasteiger partial charge on any atom is 0.330 e. The molecule has 0 aromatic heterocycles. The van der Waals surface area contributed by atoms with Gasteiger partial charge in [-0.3, -0.25) is 9.59 Å². The number of piperazine rings is 1. The Morgan fingerprint density at radius 3 is 1.88 bits per heavy atom. The zero-order valence-electron chi connectivity index (χ0n) is 14.8. The van der Waals surface area contributed by atoms with Crippen molar-refractivity contribution >= 4 is 23.8 Å². The highest BCUT2D eigenvalue weighted by Crippen LogP contribution is 2.11. The Morgan fingerprint density at radius 2 is 1.40 bits per heavy atom. The van der Waals surface area contributed by atoms with Crippen LogP contribution in [0, 0.1) is 0 Å². The first-order valence-electron chi connectivity index (χ1n) is 8.18. The molecule has 0 N–H and O–H groups in total. The van der Waals surface area contributed by atoms with Gasteiger partial charge in [-0.15, -0.1) is 0 Å². The molecule has 25 heavy (non-hydrogen) atoms. The van der Waals surface area contributed by atoms with Gasteiger partial charge in [0.05, 0.1) is 13.2 Å². The van der Waals surface area contributed by atoms with E-state index in [9.17, 15) is 19.2 Å². The molecule has 1 aliphatic heterocycles. The van der Waals surface area contributed by atoms with Crippen LogP contribution in [-0.4, -0.2) is 72.4 Å². The number of hydrogen-bond acceptors (Lipinski definition) is 6. The van der Waals surface area contributed by atoms with Crippen molar-refractivity contribution in [2.45, 2.75) is 26.8 Å². The maximum atomic E-state index is 12.1. The monoisotopic (exact) mass is 352 g/mol. The van der Waals surface area contributed by atoms with Crippen LogP contribution in [0.4, 0.5) is 0 Å². The Labute approximate surface area is 147 Å². The normalized spacial score (nSPS) is 17.8. The molecule has 0 bridgehead atoms. The van der Waals surface area contributed by atoms with E-state index in [2.05, 4.69) is 0 Å². The Morgan fingerprint density at radius 1 is 0.880 bits per heavy atom. The minimum absolute atomic E-state index is 0.215. The average Bonchev–Trinajstić information content (AvgIpc) is 2.58. The van der Waals surface area contributed by atoms with Crippen molar-refractivity contribution in [2.24, 2.45) is 0 Å². The van der Waals surface area contributed by atoms with Crippen molar-refractivity contribution in [3.63, 3.8) is 0 Å². The highest BCUT2D eigenvalue weighted by Gasteiger charge is 2.28. The number of carbonyl (C=O) groups is 4. The lowest BCUT2D eigenvalue weighted by atomic mass is 10.1. The van der Waals surface area contributed by atoms with E-state index in [1.165, 1.54) is 12.2 Å².